The molecule has 0 aliphatic carbocycles. The third-order valence-electron chi connectivity index (χ3n) is 7.02. The number of piperidine rings is 1. The van der Waals surface area contributed by atoms with Crippen LogP contribution in [0.25, 0.3) is 0 Å². The van der Waals surface area contributed by atoms with Crippen molar-refractivity contribution in [1.82, 2.24) is 20.4 Å². The molecule has 0 saturated carbocycles. The minimum absolute atomic E-state index is 0.0709. The first-order chi connectivity index (χ1) is 14.7. The Hall–Kier alpha value is -1.92. The first-order valence-corrected chi connectivity index (χ1v) is 11.7. The van der Waals surface area contributed by atoms with E-state index in [-0.39, 0.29) is 29.3 Å². The van der Waals surface area contributed by atoms with Crippen molar-refractivity contribution in [2.45, 2.75) is 65.1 Å². The Morgan fingerprint density at radius 1 is 1.13 bits per heavy atom. The van der Waals surface area contributed by atoms with Gasteiger partial charge in [-0.25, -0.2) is 0 Å². The highest BCUT2D eigenvalue weighted by Crippen LogP contribution is 2.34. The first kappa shape index (κ1) is 23.7. The van der Waals surface area contributed by atoms with E-state index in [4.69, 9.17) is 0 Å². The van der Waals surface area contributed by atoms with Crippen molar-refractivity contribution < 1.29 is 9.59 Å². The molecule has 3 rings (SSSR count). The van der Waals surface area contributed by atoms with E-state index in [1.54, 1.807) is 7.05 Å². The average molecular weight is 429 g/mol. The Labute approximate surface area is 187 Å². The Morgan fingerprint density at radius 3 is 2.45 bits per heavy atom. The van der Waals surface area contributed by atoms with Gasteiger partial charge in [0.25, 0.3) is 0 Å². The van der Waals surface area contributed by atoms with Crippen molar-refractivity contribution in [3.63, 3.8) is 0 Å². The summed E-state index contributed by atoms with van der Waals surface area (Å²) in [7, 11) is 1.76. The normalized spacial score (nSPS) is 23.8. The number of nitrogens with zero attached hydrogens (tertiary/aromatic N) is 2. The quantitative estimate of drug-likeness (QED) is 0.699. The fraction of sp³-hybridized carbons (Fsp3) is 0.680. The van der Waals surface area contributed by atoms with Crippen molar-refractivity contribution in [2.75, 3.05) is 33.2 Å². The molecule has 0 aromatic heterocycles. The minimum atomic E-state index is -0.519. The first-order valence-electron chi connectivity index (χ1n) is 11.7. The third kappa shape index (κ3) is 5.86. The van der Waals surface area contributed by atoms with Crippen LogP contribution in [-0.2, 0) is 16.0 Å². The van der Waals surface area contributed by atoms with Crippen LogP contribution in [0.5, 0.6) is 0 Å². The summed E-state index contributed by atoms with van der Waals surface area (Å²) < 4.78 is 0. The van der Waals surface area contributed by atoms with Crippen LogP contribution in [0.4, 0.5) is 0 Å². The van der Waals surface area contributed by atoms with Crippen LogP contribution in [0.1, 0.15) is 46.1 Å². The fourth-order valence-corrected chi connectivity index (χ4v) is 4.83. The number of fused-ring (bicyclic) bond motifs is 1. The molecule has 0 radical (unpaired) electrons. The van der Waals surface area contributed by atoms with Gasteiger partial charge >= 0.3 is 0 Å². The molecule has 6 heteroatoms. The molecule has 2 N–H and O–H groups in total. The molecule has 1 aromatic rings. The van der Waals surface area contributed by atoms with Gasteiger partial charge in [0.1, 0.15) is 6.04 Å². The Balaban J connectivity index is 1.66. The molecule has 0 spiro atoms. The van der Waals surface area contributed by atoms with E-state index < -0.39 is 6.04 Å². The Morgan fingerprint density at radius 2 is 1.81 bits per heavy atom. The topological polar surface area (TPSA) is 64.7 Å². The number of benzene rings is 1. The number of hydrogen-bond donors (Lipinski definition) is 2. The number of carbonyl (C=O) groups excluding carboxylic acids is 2. The van der Waals surface area contributed by atoms with Gasteiger partial charge in [-0.1, -0.05) is 51.1 Å². The summed E-state index contributed by atoms with van der Waals surface area (Å²) >= 11 is 0. The molecule has 0 unspecified atom stereocenters. The molecule has 2 fully saturated rings. The van der Waals surface area contributed by atoms with Crippen molar-refractivity contribution in [1.29, 1.82) is 0 Å². The van der Waals surface area contributed by atoms with Gasteiger partial charge < -0.3 is 20.4 Å². The van der Waals surface area contributed by atoms with Gasteiger partial charge in [0.05, 0.1) is 6.04 Å². The summed E-state index contributed by atoms with van der Waals surface area (Å²) in [5, 5.41) is 6.00. The van der Waals surface area contributed by atoms with Crippen molar-refractivity contribution in [3.8, 4) is 0 Å². The largest absolute Gasteiger partial charge is 0.342 e. The monoisotopic (exact) mass is 428 g/mol. The molecule has 1 aromatic carbocycles. The molecule has 2 saturated heterocycles. The van der Waals surface area contributed by atoms with Crippen molar-refractivity contribution in [2.24, 2.45) is 11.3 Å². The molecule has 6 nitrogen and oxygen atoms in total. The van der Waals surface area contributed by atoms with Crippen LogP contribution in [-0.4, -0.2) is 73.0 Å². The van der Waals surface area contributed by atoms with Crippen molar-refractivity contribution >= 4 is 11.8 Å². The number of hydrogen-bond acceptors (Lipinski definition) is 4. The number of likely N-dealkylation sites (N-methyl/N-ethyl adjacent to an activating group) is 1. The van der Waals surface area contributed by atoms with E-state index in [0.717, 1.165) is 45.4 Å². The van der Waals surface area contributed by atoms with E-state index in [2.05, 4.69) is 50.8 Å². The molecule has 2 aliphatic heterocycles. The van der Waals surface area contributed by atoms with Crippen LogP contribution in [0.15, 0.2) is 30.3 Å². The van der Waals surface area contributed by atoms with Crippen LogP contribution in [0.3, 0.4) is 0 Å². The molecule has 2 amide bonds. The van der Waals surface area contributed by atoms with Crippen molar-refractivity contribution in [3.05, 3.63) is 35.9 Å². The lowest BCUT2D eigenvalue weighted by atomic mass is 9.85. The second-order valence-electron chi connectivity index (χ2n) is 10.3. The van der Waals surface area contributed by atoms with E-state index >= 15 is 0 Å². The second kappa shape index (κ2) is 10.1. The summed E-state index contributed by atoms with van der Waals surface area (Å²) in [6.07, 6.45) is 3.25. The SMILES string of the molecule is CN[C@@H](C)C(=O)N[C@H](C(=O)N1CC[C@@H]2CCN(CCc3ccccc3)C[C@H]21)C(C)(C)C. The molecule has 4 atom stereocenters. The highest BCUT2D eigenvalue weighted by Gasteiger charge is 2.45. The molecule has 0 bridgehead atoms. The maximum Gasteiger partial charge on any atom is 0.245 e. The van der Waals surface area contributed by atoms with E-state index in [0.29, 0.717) is 5.92 Å². The predicted octanol–water partition coefficient (Wildman–Crippen LogP) is 2.29. The van der Waals surface area contributed by atoms with E-state index in [9.17, 15) is 9.59 Å². The number of amides is 2. The molecular weight excluding hydrogens is 388 g/mol. The summed E-state index contributed by atoms with van der Waals surface area (Å²) in [4.78, 5) is 30.8. The van der Waals surface area contributed by atoms with Crippen LogP contribution >= 0.6 is 0 Å². The molecule has 2 aliphatic rings. The van der Waals surface area contributed by atoms with E-state index in [1.165, 1.54) is 5.56 Å². The van der Waals surface area contributed by atoms with Gasteiger partial charge in [-0.05, 0) is 56.7 Å². The van der Waals surface area contributed by atoms with Gasteiger partial charge in [-0.2, -0.15) is 0 Å². The zero-order valence-electron chi connectivity index (χ0n) is 19.9. The Bertz CT molecular complexity index is 746. The minimum Gasteiger partial charge on any atom is -0.342 e. The number of nitrogens with one attached hydrogen (secondary N) is 2. The summed E-state index contributed by atoms with van der Waals surface area (Å²) in [6.45, 7) is 11.8. The summed E-state index contributed by atoms with van der Waals surface area (Å²) in [5.74, 6) is 0.519. The lowest BCUT2D eigenvalue weighted by Gasteiger charge is -2.41. The molecular formula is C25H40N4O2. The summed E-state index contributed by atoms with van der Waals surface area (Å²) in [6, 6.07) is 10.0. The van der Waals surface area contributed by atoms with Gasteiger partial charge in [-0.15, -0.1) is 0 Å². The maximum atomic E-state index is 13.7. The average Bonchev–Trinajstić information content (AvgIpc) is 3.18. The zero-order valence-corrected chi connectivity index (χ0v) is 19.9. The predicted molar refractivity (Wildman–Crippen MR) is 125 cm³/mol. The lowest BCUT2D eigenvalue weighted by molar-refractivity contribution is -0.141. The maximum absolute atomic E-state index is 13.7. The number of carbonyl (C=O) groups is 2. The number of likely N-dealkylation sites (tertiary alicyclic amines) is 2. The van der Waals surface area contributed by atoms with Crippen LogP contribution in [0.2, 0.25) is 0 Å². The molecule has 2 heterocycles. The molecule has 172 valence electrons. The fourth-order valence-electron chi connectivity index (χ4n) is 4.83. The van der Waals surface area contributed by atoms with Crippen LogP contribution < -0.4 is 10.6 Å². The molecule has 31 heavy (non-hydrogen) atoms. The second-order valence-corrected chi connectivity index (χ2v) is 10.3. The summed E-state index contributed by atoms with van der Waals surface area (Å²) in [5.41, 5.74) is 1.01. The standard InChI is InChI=1S/C25H40N4O2/c1-18(26-5)23(30)27-22(25(2,3)4)24(31)29-16-13-20-12-15-28(17-21(20)29)14-11-19-9-7-6-8-10-19/h6-10,18,20-22,26H,11-17H2,1-5H3,(H,27,30)/t18-,20-,21+,22+/m0/s1. The third-order valence-corrected chi connectivity index (χ3v) is 7.02. The zero-order chi connectivity index (χ0) is 22.6. The smallest absolute Gasteiger partial charge is 0.245 e. The van der Waals surface area contributed by atoms with Gasteiger partial charge in [0.2, 0.25) is 11.8 Å². The highest BCUT2D eigenvalue weighted by atomic mass is 16.2. The number of rotatable bonds is 7. The van der Waals surface area contributed by atoms with E-state index in [1.807, 2.05) is 27.7 Å². The Kier molecular flexibility index (Phi) is 7.76. The lowest BCUT2D eigenvalue weighted by Crippen LogP contribution is -2.60. The highest BCUT2D eigenvalue weighted by molar-refractivity contribution is 5.90. The van der Waals surface area contributed by atoms with Gasteiger partial charge in [-0.3, -0.25) is 9.59 Å². The van der Waals surface area contributed by atoms with Gasteiger partial charge in [0, 0.05) is 25.7 Å². The van der Waals surface area contributed by atoms with Gasteiger partial charge in [0.15, 0.2) is 0 Å². The van der Waals surface area contributed by atoms with Crippen LogP contribution in [0, 0.1) is 11.3 Å².